The monoisotopic (exact) mass is 496 g/mol. The van der Waals surface area contributed by atoms with Crippen molar-refractivity contribution in [2.45, 2.75) is 43.8 Å². The minimum absolute atomic E-state index is 0.0763. The quantitative estimate of drug-likeness (QED) is 0.0735. The predicted octanol–water partition coefficient (Wildman–Crippen LogP) is -1.94. The van der Waals surface area contributed by atoms with Gasteiger partial charge >= 0.3 is 0 Å². The molecule has 1 aromatic carbocycles. The van der Waals surface area contributed by atoms with Crippen molar-refractivity contribution in [3.05, 3.63) is 35.9 Å². The Morgan fingerprint density at radius 1 is 1.32 bits per heavy atom. The van der Waals surface area contributed by atoms with Crippen LogP contribution in [0.2, 0.25) is 0 Å². The van der Waals surface area contributed by atoms with Crippen molar-refractivity contribution in [2.75, 3.05) is 25.4 Å². The van der Waals surface area contributed by atoms with Crippen molar-refractivity contribution < 1.29 is 27.9 Å². The van der Waals surface area contributed by atoms with Crippen molar-refractivity contribution in [3.63, 3.8) is 0 Å². The summed E-state index contributed by atoms with van der Waals surface area (Å²) in [7, 11) is -3.99. The summed E-state index contributed by atoms with van der Waals surface area (Å²) in [6.45, 7) is -0.0713. The first-order valence-electron chi connectivity index (χ1n) is 11.0. The smallest absolute Gasteiger partial charge is 0.250 e. The Morgan fingerprint density at radius 3 is 2.53 bits per heavy atom. The molecule has 1 aliphatic heterocycles. The molecule has 7 N–H and O–H groups in total. The fraction of sp³-hybridized carbons (Fsp3) is 0.524. The number of carbonyl (C=O) groups is 3. The van der Waals surface area contributed by atoms with Crippen molar-refractivity contribution in [1.29, 1.82) is 5.41 Å². The number of aliphatic hydroxyl groups is 1. The Bertz CT molecular complexity index is 954. The number of guanidine groups is 1. The summed E-state index contributed by atoms with van der Waals surface area (Å²) < 4.78 is 27.3. The summed E-state index contributed by atoms with van der Waals surface area (Å²) in [6, 6.07) is 5.44. The Labute approximate surface area is 198 Å². The molecule has 1 fully saturated rings. The van der Waals surface area contributed by atoms with Gasteiger partial charge in [-0.2, -0.15) is 0 Å². The third kappa shape index (κ3) is 8.17. The van der Waals surface area contributed by atoms with E-state index in [4.69, 9.17) is 11.1 Å². The lowest BCUT2D eigenvalue weighted by Gasteiger charge is -2.35. The van der Waals surface area contributed by atoms with Crippen LogP contribution in [0.4, 0.5) is 0 Å². The fourth-order valence-electron chi connectivity index (χ4n) is 3.40. The number of aryl methyl sites for hydroxylation is 1. The maximum atomic E-state index is 13.2. The van der Waals surface area contributed by atoms with E-state index in [1.54, 1.807) is 30.3 Å². The fourth-order valence-corrected chi connectivity index (χ4v) is 4.63. The zero-order valence-corrected chi connectivity index (χ0v) is 19.6. The Hall–Kier alpha value is -2.87. The van der Waals surface area contributed by atoms with Gasteiger partial charge < -0.3 is 26.3 Å². The van der Waals surface area contributed by atoms with Gasteiger partial charge in [-0.25, -0.2) is 13.1 Å². The average Bonchev–Trinajstić information content (AvgIpc) is 2.77. The molecule has 1 saturated heterocycles. The number of nitrogens with one attached hydrogen (secondary N) is 4. The number of amides is 2. The summed E-state index contributed by atoms with van der Waals surface area (Å²) in [6.07, 6.45) is 1.49. The topological polar surface area (TPSA) is 195 Å². The first-order chi connectivity index (χ1) is 16.2. The molecule has 2 rings (SSSR count). The third-order valence-electron chi connectivity index (χ3n) is 5.38. The number of nitrogens with zero attached hydrogens (tertiary/aromatic N) is 1. The van der Waals surface area contributed by atoms with E-state index in [0.717, 1.165) is 10.5 Å². The molecule has 0 radical (unpaired) electrons. The Balaban J connectivity index is 2.13. The van der Waals surface area contributed by atoms with Crippen molar-refractivity contribution >= 4 is 34.1 Å². The summed E-state index contributed by atoms with van der Waals surface area (Å²) >= 11 is 0. The van der Waals surface area contributed by atoms with E-state index in [2.05, 4.69) is 15.4 Å². The number of sulfonamides is 1. The molecular formula is C21H32N6O6S. The van der Waals surface area contributed by atoms with Crippen LogP contribution in [0.5, 0.6) is 0 Å². The van der Waals surface area contributed by atoms with Gasteiger partial charge in [0, 0.05) is 6.54 Å². The minimum atomic E-state index is -3.99. The number of hydrogen-bond donors (Lipinski definition) is 6. The highest BCUT2D eigenvalue weighted by molar-refractivity contribution is 7.89. The lowest BCUT2D eigenvalue weighted by atomic mass is 10.0. The third-order valence-corrected chi connectivity index (χ3v) is 6.77. The number of nitrogens with two attached hydrogens (primary N) is 1. The van der Waals surface area contributed by atoms with Crippen LogP contribution in [-0.4, -0.2) is 86.1 Å². The first-order valence-corrected chi connectivity index (χ1v) is 12.6. The van der Waals surface area contributed by atoms with Gasteiger partial charge in [0.1, 0.15) is 12.3 Å². The molecule has 34 heavy (non-hydrogen) atoms. The molecule has 0 spiro atoms. The van der Waals surface area contributed by atoms with Gasteiger partial charge in [0.2, 0.25) is 21.8 Å². The van der Waals surface area contributed by atoms with E-state index in [1.807, 2.05) is 0 Å². The average molecular weight is 497 g/mol. The highest BCUT2D eigenvalue weighted by atomic mass is 32.2. The summed E-state index contributed by atoms with van der Waals surface area (Å²) in [5.74, 6) is -2.24. The predicted molar refractivity (Wildman–Crippen MR) is 125 cm³/mol. The van der Waals surface area contributed by atoms with Crippen LogP contribution in [0.3, 0.4) is 0 Å². The van der Waals surface area contributed by atoms with Gasteiger partial charge in [-0.05, 0) is 37.8 Å². The molecule has 0 saturated carbocycles. The lowest BCUT2D eigenvalue weighted by Crippen LogP contribution is -2.62. The molecule has 0 aliphatic carbocycles. The van der Waals surface area contributed by atoms with Gasteiger partial charge in [0.25, 0.3) is 0 Å². The number of aldehydes is 1. The largest absolute Gasteiger partial charge is 0.394 e. The zero-order valence-electron chi connectivity index (χ0n) is 18.8. The second-order valence-electron chi connectivity index (χ2n) is 7.94. The molecule has 1 aromatic rings. The standard InChI is InChI=1S/C21H32N6O6S/c22-21(23)25-10-4-7-16(13-28)27(19(30)17-8-11-24-17)20(31)18(14-29)26-34(32,33)12-9-15-5-2-1-3-6-15/h1-3,5-6,13,16-18,24,26,29H,4,7-12,14H2,(H4,22,23,25)/t16-,17?,18+/m0/s1. The lowest BCUT2D eigenvalue weighted by molar-refractivity contribution is -0.153. The van der Waals surface area contributed by atoms with Gasteiger partial charge in [-0.3, -0.25) is 19.9 Å². The van der Waals surface area contributed by atoms with E-state index >= 15 is 0 Å². The molecule has 3 atom stereocenters. The van der Waals surface area contributed by atoms with E-state index in [1.165, 1.54) is 0 Å². The maximum Gasteiger partial charge on any atom is 0.250 e. The second kappa shape index (κ2) is 13.1. The molecule has 1 aliphatic rings. The van der Waals surface area contributed by atoms with Crippen LogP contribution in [0.1, 0.15) is 24.8 Å². The molecule has 1 unspecified atom stereocenters. The van der Waals surface area contributed by atoms with Crippen molar-refractivity contribution in [3.8, 4) is 0 Å². The normalized spacial score (nSPS) is 17.1. The number of benzene rings is 1. The van der Waals surface area contributed by atoms with Gasteiger partial charge in [-0.15, -0.1) is 0 Å². The Morgan fingerprint density at radius 2 is 2.00 bits per heavy atom. The van der Waals surface area contributed by atoms with Gasteiger partial charge in [0.05, 0.1) is 24.4 Å². The minimum Gasteiger partial charge on any atom is -0.394 e. The summed E-state index contributed by atoms with van der Waals surface area (Å²) in [5, 5.41) is 22.4. The molecule has 0 aromatic heterocycles. The highest BCUT2D eigenvalue weighted by Crippen LogP contribution is 2.15. The number of imide groups is 1. The van der Waals surface area contributed by atoms with Crippen molar-refractivity contribution in [1.82, 2.24) is 20.3 Å². The number of rotatable bonds is 14. The molecule has 13 heteroatoms. The molecule has 0 bridgehead atoms. The number of aliphatic hydroxyl groups excluding tert-OH is 1. The van der Waals surface area contributed by atoms with Crippen LogP contribution in [0.25, 0.3) is 0 Å². The summed E-state index contributed by atoms with van der Waals surface area (Å²) in [5.41, 5.74) is 6.01. The highest BCUT2D eigenvalue weighted by Gasteiger charge is 2.40. The summed E-state index contributed by atoms with van der Waals surface area (Å²) in [4.78, 5) is 38.7. The van der Waals surface area contributed by atoms with E-state index < -0.39 is 46.6 Å². The van der Waals surface area contributed by atoms with Crippen LogP contribution in [-0.2, 0) is 30.8 Å². The van der Waals surface area contributed by atoms with Crippen LogP contribution < -0.4 is 21.1 Å². The van der Waals surface area contributed by atoms with E-state index in [0.29, 0.717) is 25.7 Å². The van der Waals surface area contributed by atoms with Crippen LogP contribution >= 0.6 is 0 Å². The first kappa shape index (κ1) is 27.4. The zero-order chi connectivity index (χ0) is 25.1. The van der Waals surface area contributed by atoms with Gasteiger partial charge in [0.15, 0.2) is 5.96 Å². The molecule has 12 nitrogen and oxygen atoms in total. The SMILES string of the molecule is N=C(N)NCCC[C@@H](C=O)N(C(=O)C1CCN1)C(=O)[C@@H](CO)NS(=O)(=O)CCc1ccccc1. The molecule has 2 amide bonds. The Kier molecular flexibility index (Phi) is 10.6. The van der Waals surface area contributed by atoms with E-state index in [-0.39, 0.29) is 31.1 Å². The number of carbonyl (C=O) groups excluding carboxylic acids is 3. The van der Waals surface area contributed by atoms with Crippen LogP contribution in [0, 0.1) is 5.41 Å². The van der Waals surface area contributed by atoms with Crippen molar-refractivity contribution in [2.24, 2.45) is 5.73 Å². The molecular weight excluding hydrogens is 464 g/mol. The van der Waals surface area contributed by atoms with Gasteiger partial charge in [-0.1, -0.05) is 30.3 Å². The molecule has 188 valence electrons. The molecule has 1 heterocycles. The maximum absolute atomic E-state index is 13.2. The second-order valence-corrected chi connectivity index (χ2v) is 9.81. The number of hydrogen-bond acceptors (Lipinski definition) is 8. The van der Waals surface area contributed by atoms with E-state index in [9.17, 15) is 27.9 Å². The van der Waals surface area contributed by atoms with Crippen LogP contribution in [0.15, 0.2) is 30.3 Å².